The van der Waals surface area contributed by atoms with Gasteiger partial charge in [0.1, 0.15) is 11.6 Å². The minimum Gasteiger partial charge on any atom is -0.306 e. The first kappa shape index (κ1) is 13.7. The van der Waals surface area contributed by atoms with E-state index in [9.17, 15) is 8.78 Å². The van der Waals surface area contributed by atoms with E-state index in [1.807, 2.05) is 38.1 Å². The van der Waals surface area contributed by atoms with Crippen LogP contribution in [0.3, 0.4) is 0 Å². The van der Waals surface area contributed by atoms with Gasteiger partial charge in [-0.15, -0.1) is 0 Å². The summed E-state index contributed by atoms with van der Waals surface area (Å²) in [6.45, 7) is 4.66. The number of nitrogens with one attached hydrogen (secondary N) is 1. The summed E-state index contributed by atoms with van der Waals surface area (Å²) in [4.78, 5) is 0. The lowest BCUT2D eigenvalue weighted by Crippen LogP contribution is -2.23. The number of benzene rings is 2. The van der Waals surface area contributed by atoms with Gasteiger partial charge in [-0.05, 0) is 25.1 Å². The number of rotatable bonds is 4. The summed E-state index contributed by atoms with van der Waals surface area (Å²) >= 11 is 0. The highest BCUT2D eigenvalue weighted by atomic mass is 19.1. The topological polar surface area (TPSA) is 12.0 Å². The quantitative estimate of drug-likeness (QED) is 0.878. The molecule has 0 aliphatic carbocycles. The Labute approximate surface area is 112 Å². The molecule has 0 aromatic heterocycles. The Hall–Kier alpha value is -1.74. The van der Waals surface area contributed by atoms with E-state index in [4.69, 9.17) is 0 Å². The maximum atomic E-state index is 13.9. The molecule has 1 N–H and O–H groups in total. The maximum absolute atomic E-state index is 13.9. The fourth-order valence-electron chi connectivity index (χ4n) is 2.20. The highest BCUT2D eigenvalue weighted by Crippen LogP contribution is 2.25. The SMILES string of the molecule is CCNC(c1cccc(C)c1)c1ccc(F)cc1F. The molecule has 2 aromatic rings. The summed E-state index contributed by atoms with van der Waals surface area (Å²) in [6.07, 6.45) is 0. The van der Waals surface area contributed by atoms with Crippen molar-refractivity contribution in [3.05, 3.63) is 70.8 Å². The van der Waals surface area contributed by atoms with Crippen molar-refractivity contribution < 1.29 is 8.78 Å². The van der Waals surface area contributed by atoms with E-state index in [2.05, 4.69) is 5.32 Å². The molecule has 19 heavy (non-hydrogen) atoms. The minimum atomic E-state index is -0.555. The van der Waals surface area contributed by atoms with Crippen LogP contribution in [-0.4, -0.2) is 6.54 Å². The zero-order valence-electron chi connectivity index (χ0n) is 11.1. The highest BCUT2D eigenvalue weighted by Gasteiger charge is 2.17. The van der Waals surface area contributed by atoms with E-state index in [1.165, 1.54) is 12.1 Å². The molecular weight excluding hydrogens is 244 g/mol. The molecule has 0 fully saturated rings. The van der Waals surface area contributed by atoms with Gasteiger partial charge in [0.15, 0.2) is 0 Å². The van der Waals surface area contributed by atoms with Crippen molar-refractivity contribution in [1.29, 1.82) is 0 Å². The fraction of sp³-hybridized carbons (Fsp3) is 0.250. The first-order valence-corrected chi connectivity index (χ1v) is 6.36. The Morgan fingerprint density at radius 2 is 1.89 bits per heavy atom. The lowest BCUT2D eigenvalue weighted by Gasteiger charge is -2.20. The van der Waals surface area contributed by atoms with Crippen LogP contribution in [0.4, 0.5) is 8.78 Å². The van der Waals surface area contributed by atoms with Crippen molar-refractivity contribution in [2.45, 2.75) is 19.9 Å². The van der Waals surface area contributed by atoms with Crippen LogP contribution < -0.4 is 5.32 Å². The smallest absolute Gasteiger partial charge is 0.131 e. The van der Waals surface area contributed by atoms with Crippen LogP contribution in [0.2, 0.25) is 0 Å². The van der Waals surface area contributed by atoms with Crippen molar-refractivity contribution in [2.75, 3.05) is 6.54 Å². The van der Waals surface area contributed by atoms with Gasteiger partial charge in [0.2, 0.25) is 0 Å². The van der Waals surface area contributed by atoms with Crippen molar-refractivity contribution in [1.82, 2.24) is 5.32 Å². The summed E-state index contributed by atoms with van der Waals surface area (Å²) in [7, 11) is 0. The number of hydrogen-bond acceptors (Lipinski definition) is 1. The minimum absolute atomic E-state index is 0.259. The maximum Gasteiger partial charge on any atom is 0.131 e. The van der Waals surface area contributed by atoms with Gasteiger partial charge < -0.3 is 5.32 Å². The van der Waals surface area contributed by atoms with E-state index in [0.29, 0.717) is 12.1 Å². The normalized spacial score (nSPS) is 12.4. The van der Waals surface area contributed by atoms with Crippen LogP contribution in [-0.2, 0) is 0 Å². The monoisotopic (exact) mass is 261 g/mol. The van der Waals surface area contributed by atoms with Crippen molar-refractivity contribution >= 4 is 0 Å². The van der Waals surface area contributed by atoms with Crippen molar-refractivity contribution in [2.24, 2.45) is 0 Å². The van der Waals surface area contributed by atoms with Crippen LogP contribution in [0.25, 0.3) is 0 Å². The third-order valence-corrected chi connectivity index (χ3v) is 3.06. The second-order valence-electron chi connectivity index (χ2n) is 4.57. The molecule has 1 unspecified atom stereocenters. The molecule has 0 radical (unpaired) electrons. The van der Waals surface area contributed by atoms with Gasteiger partial charge in [-0.1, -0.05) is 42.8 Å². The number of aryl methyl sites for hydroxylation is 1. The number of halogens is 2. The Morgan fingerprint density at radius 1 is 1.11 bits per heavy atom. The highest BCUT2D eigenvalue weighted by molar-refractivity contribution is 5.34. The summed E-state index contributed by atoms with van der Waals surface area (Å²) in [5.74, 6) is -1.08. The first-order chi connectivity index (χ1) is 9.11. The van der Waals surface area contributed by atoms with Crippen LogP contribution >= 0.6 is 0 Å². The van der Waals surface area contributed by atoms with Crippen molar-refractivity contribution in [3.63, 3.8) is 0 Å². The summed E-state index contributed by atoms with van der Waals surface area (Å²) in [6, 6.07) is 11.3. The molecule has 100 valence electrons. The average Bonchev–Trinajstić information content (AvgIpc) is 2.37. The van der Waals surface area contributed by atoms with Crippen LogP contribution in [0.15, 0.2) is 42.5 Å². The predicted octanol–water partition coefficient (Wildman–Crippen LogP) is 3.97. The van der Waals surface area contributed by atoms with Gasteiger partial charge in [-0.2, -0.15) is 0 Å². The Morgan fingerprint density at radius 3 is 2.53 bits per heavy atom. The molecule has 0 aliphatic rings. The van der Waals surface area contributed by atoms with Gasteiger partial charge in [0, 0.05) is 11.6 Å². The summed E-state index contributed by atoms with van der Waals surface area (Å²) in [5.41, 5.74) is 2.56. The average molecular weight is 261 g/mol. The standard InChI is InChI=1S/C16H17F2N/c1-3-19-16(12-6-4-5-11(2)9-12)14-8-7-13(17)10-15(14)18/h4-10,16,19H,3H2,1-2H3. The number of hydrogen-bond donors (Lipinski definition) is 1. The van der Waals surface area contributed by atoms with Crippen molar-refractivity contribution in [3.8, 4) is 0 Å². The molecule has 0 saturated carbocycles. The van der Waals surface area contributed by atoms with E-state index in [1.54, 1.807) is 0 Å². The molecule has 2 aromatic carbocycles. The lowest BCUT2D eigenvalue weighted by molar-refractivity contribution is 0.541. The molecule has 0 amide bonds. The van der Waals surface area contributed by atoms with E-state index in [-0.39, 0.29) is 6.04 Å². The summed E-state index contributed by atoms with van der Waals surface area (Å²) in [5, 5.41) is 3.24. The van der Waals surface area contributed by atoms with Gasteiger partial charge in [-0.25, -0.2) is 8.78 Å². The molecule has 0 spiro atoms. The van der Waals surface area contributed by atoms with Gasteiger partial charge >= 0.3 is 0 Å². The molecule has 1 nitrogen and oxygen atoms in total. The first-order valence-electron chi connectivity index (χ1n) is 6.36. The molecule has 0 heterocycles. The molecule has 1 atom stereocenters. The molecule has 0 aliphatic heterocycles. The third-order valence-electron chi connectivity index (χ3n) is 3.06. The van der Waals surface area contributed by atoms with E-state index >= 15 is 0 Å². The Kier molecular flexibility index (Phi) is 4.27. The predicted molar refractivity (Wildman–Crippen MR) is 73.1 cm³/mol. The molecule has 3 heteroatoms. The van der Waals surface area contributed by atoms with Crippen LogP contribution in [0.5, 0.6) is 0 Å². The summed E-state index contributed by atoms with van der Waals surface area (Å²) < 4.78 is 26.9. The largest absolute Gasteiger partial charge is 0.306 e. The van der Waals surface area contributed by atoms with Gasteiger partial charge in [-0.3, -0.25) is 0 Å². The third kappa shape index (κ3) is 3.18. The molecule has 0 bridgehead atoms. The van der Waals surface area contributed by atoms with Crippen LogP contribution in [0, 0.1) is 18.6 Å². The fourth-order valence-corrected chi connectivity index (χ4v) is 2.20. The second-order valence-corrected chi connectivity index (χ2v) is 4.57. The van der Waals surface area contributed by atoms with Gasteiger partial charge in [0.05, 0.1) is 6.04 Å². The second kappa shape index (κ2) is 5.93. The molecule has 2 rings (SSSR count). The molecular formula is C16H17F2N. The zero-order valence-corrected chi connectivity index (χ0v) is 11.1. The van der Waals surface area contributed by atoms with E-state index < -0.39 is 11.6 Å². The lowest BCUT2D eigenvalue weighted by atomic mass is 9.97. The molecule has 0 saturated heterocycles. The van der Waals surface area contributed by atoms with Gasteiger partial charge in [0.25, 0.3) is 0 Å². The van der Waals surface area contributed by atoms with Crippen LogP contribution in [0.1, 0.15) is 29.7 Å². The zero-order chi connectivity index (χ0) is 13.8. The van der Waals surface area contributed by atoms with E-state index in [0.717, 1.165) is 17.2 Å². The Balaban J connectivity index is 2.45. The Bertz CT molecular complexity index is 566.